The molecular formula is C13H17N3O5. The third-order valence-electron chi connectivity index (χ3n) is 3.69. The summed E-state index contributed by atoms with van der Waals surface area (Å²) in [5, 5.41) is 22.9. The van der Waals surface area contributed by atoms with Gasteiger partial charge >= 0.3 is 11.7 Å². The highest BCUT2D eigenvalue weighted by Gasteiger charge is 2.28. The van der Waals surface area contributed by atoms with Crippen LogP contribution in [0.4, 0.5) is 11.5 Å². The van der Waals surface area contributed by atoms with Gasteiger partial charge in [0.1, 0.15) is 0 Å². The van der Waals surface area contributed by atoms with Gasteiger partial charge in [-0.3, -0.25) is 10.1 Å². The third-order valence-corrected chi connectivity index (χ3v) is 3.69. The second-order valence-corrected chi connectivity index (χ2v) is 5.43. The van der Waals surface area contributed by atoms with Gasteiger partial charge in [-0.1, -0.05) is 6.92 Å². The molecule has 1 saturated heterocycles. The van der Waals surface area contributed by atoms with E-state index in [1.54, 1.807) is 0 Å². The van der Waals surface area contributed by atoms with Gasteiger partial charge in [0.2, 0.25) is 5.82 Å². The summed E-state index contributed by atoms with van der Waals surface area (Å²) >= 11 is 0. The first-order chi connectivity index (χ1) is 9.91. The summed E-state index contributed by atoms with van der Waals surface area (Å²) in [5.74, 6) is -1.15. The minimum absolute atomic E-state index is 0.0146. The molecule has 8 nitrogen and oxygen atoms in total. The summed E-state index contributed by atoms with van der Waals surface area (Å²) < 4.78 is 5.30. The maximum absolute atomic E-state index is 11.0. The summed E-state index contributed by atoms with van der Waals surface area (Å²) in [6.45, 7) is 3.95. The molecular weight excluding hydrogens is 278 g/mol. The Morgan fingerprint density at radius 1 is 1.57 bits per heavy atom. The number of aromatic carboxylic acids is 1. The van der Waals surface area contributed by atoms with Gasteiger partial charge in [0.15, 0.2) is 0 Å². The second kappa shape index (κ2) is 6.04. The summed E-state index contributed by atoms with van der Waals surface area (Å²) in [6, 6.07) is 1.02. The lowest BCUT2D eigenvalue weighted by Gasteiger charge is -2.33. The quantitative estimate of drug-likeness (QED) is 0.629. The van der Waals surface area contributed by atoms with Crippen LogP contribution in [0.25, 0.3) is 0 Å². The minimum atomic E-state index is -1.24. The zero-order chi connectivity index (χ0) is 15.5. The molecule has 0 spiro atoms. The molecule has 0 aromatic carbocycles. The molecule has 8 heteroatoms. The number of nitrogens with zero attached hydrogens (tertiary/aromatic N) is 2. The van der Waals surface area contributed by atoms with Crippen LogP contribution in [-0.4, -0.2) is 40.7 Å². The maximum atomic E-state index is 11.0. The normalized spacial score (nSPS) is 17.2. The number of carboxylic acid groups (broad SMARTS) is 1. The topological polar surface area (TPSA) is 115 Å². The number of aromatic nitrogens is 1. The lowest BCUT2D eigenvalue weighted by molar-refractivity contribution is -0.384. The Kier molecular flexibility index (Phi) is 4.37. The third kappa shape index (κ3) is 3.66. The van der Waals surface area contributed by atoms with Crippen molar-refractivity contribution in [3.63, 3.8) is 0 Å². The number of pyridine rings is 1. The molecule has 1 aliphatic rings. The van der Waals surface area contributed by atoms with Crippen LogP contribution in [0.1, 0.15) is 30.1 Å². The maximum Gasteiger partial charge on any atom is 0.337 e. The van der Waals surface area contributed by atoms with Crippen LogP contribution in [0.2, 0.25) is 0 Å². The predicted molar refractivity (Wildman–Crippen MR) is 74.5 cm³/mol. The van der Waals surface area contributed by atoms with Gasteiger partial charge in [-0.2, -0.15) is 0 Å². The Morgan fingerprint density at radius 3 is 2.81 bits per heavy atom. The molecule has 0 aliphatic carbocycles. The molecule has 1 aliphatic heterocycles. The number of anilines is 1. The second-order valence-electron chi connectivity index (χ2n) is 5.43. The lowest BCUT2D eigenvalue weighted by atomic mass is 9.82. The standard InChI is InChI=1S/C13H17N3O5/c1-13(2-4-21-5-3-13)8-15-11-10(16(19)20)6-9(7-14-11)12(17)18/h6-7H,2-5,8H2,1H3,(H,14,15)(H,17,18). The molecule has 1 aromatic heterocycles. The molecule has 0 bridgehead atoms. The largest absolute Gasteiger partial charge is 0.478 e. The molecule has 0 unspecified atom stereocenters. The van der Waals surface area contributed by atoms with E-state index in [0.717, 1.165) is 25.1 Å². The monoisotopic (exact) mass is 295 g/mol. The van der Waals surface area contributed by atoms with Crippen molar-refractivity contribution >= 4 is 17.5 Å². The van der Waals surface area contributed by atoms with Gasteiger partial charge in [0.05, 0.1) is 10.5 Å². The average Bonchev–Trinajstić information content (AvgIpc) is 2.45. The molecule has 21 heavy (non-hydrogen) atoms. The average molecular weight is 295 g/mol. The number of ether oxygens (including phenoxy) is 1. The zero-order valence-corrected chi connectivity index (χ0v) is 11.7. The summed E-state index contributed by atoms with van der Waals surface area (Å²) in [5.41, 5.74) is -0.547. The van der Waals surface area contributed by atoms with E-state index in [1.165, 1.54) is 0 Å². The van der Waals surface area contributed by atoms with E-state index in [-0.39, 0.29) is 22.5 Å². The van der Waals surface area contributed by atoms with Crippen LogP contribution in [0.15, 0.2) is 12.3 Å². The van der Waals surface area contributed by atoms with E-state index in [2.05, 4.69) is 17.2 Å². The fourth-order valence-corrected chi connectivity index (χ4v) is 2.18. The molecule has 2 heterocycles. The Bertz CT molecular complexity index is 555. The number of carbonyl (C=O) groups is 1. The number of carboxylic acids is 1. The summed E-state index contributed by atoms with van der Waals surface area (Å²) in [6.07, 6.45) is 2.84. The molecule has 0 amide bonds. The molecule has 0 atom stereocenters. The van der Waals surface area contributed by atoms with E-state index in [0.29, 0.717) is 19.8 Å². The van der Waals surface area contributed by atoms with Gasteiger partial charge in [0.25, 0.3) is 0 Å². The Balaban J connectivity index is 2.15. The SMILES string of the molecule is CC1(CNc2ncc(C(=O)O)cc2[N+](=O)[O-])CCOCC1. The van der Waals surface area contributed by atoms with Crippen molar-refractivity contribution in [1.29, 1.82) is 0 Å². The molecule has 2 rings (SSSR count). The highest BCUT2D eigenvalue weighted by Crippen LogP contribution is 2.31. The van der Waals surface area contributed by atoms with Gasteiger partial charge in [-0.05, 0) is 18.3 Å². The van der Waals surface area contributed by atoms with Crippen molar-refractivity contribution in [3.8, 4) is 0 Å². The first kappa shape index (κ1) is 15.2. The fourth-order valence-electron chi connectivity index (χ4n) is 2.18. The van der Waals surface area contributed by atoms with Crippen LogP contribution in [0.5, 0.6) is 0 Å². The van der Waals surface area contributed by atoms with E-state index in [4.69, 9.17) is 9.84 Å². The molecule has 1 fully saturated rings. The van der Waals surface area contributed by atoms with Crippen molar-refractivity contribution in [3.05, 3.63) is 27.9 Å². The fraction of sp³-hybridized carbons (Fsp3) is 0.538. The highest BCUT2D eigenvalue weighted by molar-refractivity contribution is 5.88. The number of rotatable bonds is 5. The van der Waals surface area contributed by atoms with Crippen LogP contribution in [0.3, 0.4) is 0 Å². The van der Waals surface area contributed by atoms with E-state index in [1.807, 2.05) is 0 Å². The Labute approximate surface area is 121 Å². The number of nitro groups is 1. The van der Waals surface area contributed by atoms with Crippen molar-refractivity contribution in [2.75, 3.05) is 25.1 Å². The highest BCUT2D eigenvalue weighted by atomic mass is 16.6. The van der Waals surface area contributed by atoms with Crippen LogP contribution in [0, 0.1) is 15.5 Å². The first-order valence-corrected chi connectivity index (χ1v) is 6.61. The molecule has 1 aromatic rings. The smallest absolute Gasteiger partial charge is 0.337 e. The number of hydrogen-bond donors (Lipinski definition) is 2. The molecule has 0 saturated carbocycles. The lowest BCUT2D eigenvalue weighted by Crippen LogP contribution is -2.33. The summed E-state index contributed by atoms with van der Waals surface area (Å²) in [7, 11) is 0. The van der Waals surface area contributed by atoms with Gasteiger partial charge in [-0.15, -0.1) is 0 Å². The van der Waals surface area contributed by atoms with E-state index in [9.17, 15) is 14.9 Å². The number of hydrogen-bond acceptors (Lipinski definition) is 6. The van der Waals surface area contributed by atoms with Gasteiger partial charge in [0, 0.05) is 32.0 Å². The molecule has 0 radical (unpaired) electrons. The minimum Gasteiger partial charge on any atom is -0.478 e. The van der Waals surface area contributed by atoms with Crippen LogP contribution >= 0.6 is 0 Å². The zero-order valence-electron chi connectivity index (χ0n) is 11.7. The van der Waals surface area contributed by atoms with Gasteiger partial charge in [-0.25, -0.2) is 9.78 Å². The van der Waals surface area contributed by atoms with Gasteiger partial charge < -0.3 is 15.2 Å². The van der Waals surface area contributed by atoms with Crippen molar-refractivity contribution in [2.24, 2.45) is 5.41 Å². The van der Waals surface area contributed by atoms with E-state index < -0.39 is 10.9 Å². The number of nitrogens with one attached hydrogen (secondary N) is 1. The molecule has 2 N–H and O–H groups in total. The van der Waals surface area contributed by atoms with E-state index >= 15 is 0 Å². The van der Waals surface area contributed by atoms with Crippen molar-refractivity contribution < 1.29 is 19.6 Å². The Morgan fingerprint density at radius 2 is 2.24 bits per heavy atom. The molecule has 114 valence electrons. The Hall–Kier alpha value is -2.22. The van der Waals surface area contributed by atoms with Crippen LogP contribution in [-0.2, 0) is 4.74 Å². The first-order valence-electron chi connectivity index (χ1n) is 6.61. The van der Waals surface area contributed by atoms with Crippen molar-refractivity contribution in [2.45, 2.75) is 19.8 Å². The predicted octanol–water partition coefficient (Wildman–Crippen LogP) is 1.92. The summed E-state index contributed by atoms with van der Waals surface area (Å²) in [4.78, 5) is 25.1. The van der Waals surface area contributed by atoms with Crippen molar-refractivity contribution in [1.82, 2.24) is 4.98 Å². The van der Waals surface area contributed by atoms with Crippen LogP contribution < -0.4 is 5.32 Å².